The zero-order valence-electron chi connectivity index (χ0n) is 9.35. The normalized spacial score (nSPS) is 4.15. The summed E-state index contributed by atoms with van der Waals surface area (Å²) in [5.41, 5.74) is 0. The number of hydrogen-bond acceptors (Lipinski definition) is 3. The molecule has 0 saturated carbocycles. The molecular weight excluding hydrogens is 168 g/mol. The minimum Gasteiger partial charge on any atom is -0.855 e. The van der Waals surface area contributed by atoms with Gasteiger partial charge in [0.2, 0.25) is 0 Å². The maximum Gasteiger partial charge on any atom is 1.00 e. The Kier molecular flexibility index (Phi) is 321. The van der Waals surface area contributed by atoms with Crippen molar-refractivity contribution in [3.05, 3.63) is 0 Å². The van der Waals surface area contributed by atoms with Gasteiger partial charge < -0.3 is 15.3 Å². The molecule has 0 spiro atoms. The monoisotopic (exact) mass is 186 g/mol. The summed E-state index contributed by atoms with van der Waals surface area (Å²) < 4.78 is 0. The van der Waals surface area contributed by atoms with Crippen molar-refractivity contribution >= 4 is 17.4 Å². The molecule has 0 aliphatic carbocycles. The van der Waals surface area contributed by atoms with Gasteiger partial charge in [-0.15, -0.1) is 19.8 Å². The van der Waals surface area contributed by atoms with E-state index in [0.29, 0.717) is 0 Å². The van der Waals surface area contributed by atoms with Gasteiger partial charge in [-0.1, -0.05) is 20.8 Å². The largest absolute Gasteiger partial charge is 1.00 e. The molecule has 0 aliphatic heterocycles. The molecule has 0 amide bonds. The third-order valence-electron chi connectivity index (χ3n) is 0. The first kappa shape index (κ1) is 45.6. The van der Waals surface area contributed by atoms with Crippen LogP contribution in [0.3, 0.4) is 0 Å². The number of hydrogen-bond donors (Lipinski definition) is 0. The van der Waals surface area contributed by atoms with Gasteiger partial charge in [0, 0.05) is 0 Å². The van der Waals surface area contributed by atoms with Gasteiger partial charge in [0.25, 0.3) is 0 Å². The van der Waals surface area contributed by atoms with Crippen LogP contribution in [0.15, 0.2) is 0 Å². The van der Waals surface area contributed by atoms with Crippen molar-refractivity contribution in [2.75, 3.05) is 19.8 Å². The molecule has 3 nitrogen and oxygen atoms in total. The molecule has 66 valence electrons. The summed E-state index contributed by atoms with van der Waals surface area (Å²) in [5, 5.41) is 26.8. The van der Waals surface area contributed by atoms with Gasteiger partial charge in [-0.25, -0.2) is 0 Å². The minimum absolute atomic E-state index is 0. The zero-order chi connectivity index (χ0) is 8.12. The van der Waals surface area contributed by atoms with E-state index in [9.17, 15) is 0 Å². The Hall–Kier alpha value is 2.20. The van der Waals surface area contributed by atoms with Gasteiger partial charge in [0.05, 0.1) is 0 Å². The van der Waals surface area contributed by atoms with E-state index in [-0.39, 0.29) is 93.8 Å². The fourth-order valence-corrected chi connectivity index (χ4v) is 0. The van der Waals surface area contributed by atoms with Crippen LogP contribution < -0.4 is 71.9 Å². The van der Waals surface area contributed by atoms with Crippen LogP contribution in [0.1, 0.15) is 20.8 Å². The molecule has 0 heterocycles. The maximum absolute atomic E-state index is 8.93. The van der Waals surface area contributed by atoms with Crippen molar-refractivity contribution in [3.63, 3.8) is 0 Å². The molecule has 0 fully saturated rings. The molecule has 0 saturated heterocycles. The van der Waals surface area contributed by atoms with Crippen LogP contribution in [0, 0.1) is 0 Å². The topological polar surface area (TPSA) is 69.2 Å². The molecule has 0 bridgehead atoms. The van der Waals surface area contributed by atoms with Crippen molar-refractivity contribution in [2.24, 2.45) is 0 Å². The molecule has 0 rings (SSSR count). The third-order valence-corrected chi connectivity index (χ3v) is 0. The molecule has 0 aromatic heterocycles. The van der Waals surface area contributed by atoms with Gasteiger partial charge in [-0.3, -0.25) is 0 Å². The second kappa shape index (κ2) is 91.4. The van der Waals surface area contributed by atoms with Gasteiger partial charge in [0.1, 0.15) is 0 Å². The van der Waals surface area contributed by atoms with E-state index in [1.807, 2.05) is 0 Å². The number of rotatable bonds is 0. The van der Waals surface area contributed by atoms with E-state index in [1.165, 1.54) is 0 Å². The Morgan fingerprint density at radius 2 is 0.615 bits per heavy atom. The summed E-state index contributed by atoms with van der Waals surface area (Å²) in [4.78, 5) is 0. The summed E-state index contributed by atoms with van der Waals surface area (Å²) in [7, 11) is 0. The SMILES string of the molecule is CC[O-].CC[O-].CC[O-].[AlH3].[Li+].[Li+].[Li+]. The van der Waals surface area contributed by atoms with Crippen LogP contribution in [0.2, 0.25) is 0 Å². The van der Waals surface area contributed by atoms with E-state index in [2.05, 4.69) is 0 Å². The van der Waals surface area contributed by atoms with E-state index >= 15 is 0 Å². The predicted molar refractivity (Wildman–Crippen MR) is 41.6 cm³/mol. The van der Waals surface area contributed by atoms with Gasteiger partial charge in [-0.2, -0.15) is 0 Å². The molecule has 13 heavy (non-hydrogen) atoms. The summed E-state index contributed by atoms with van der Waals surface area (Å²) in [6.07, 6.45) is 0. The van der Waals surface area contributed by atoms with E-state index < -0.39 is 0 Å². The van der Waals surface area contributed by atoms with Crippen LogP contribution in [0.5, 0.6) is 0 Å². The summed E-state index contributed by atoms with van der Waals surface area (Å²) in [6, 6.07) is 0. The summed E-state index contributed by atoms with van der Waals surface area (Å²) in [6.45, 7) is 4.71. The molecule has 0 radical (unpaired) electrons. The van der Waals surface area contributed by atoms with Crippen LogP contribution in [0.4, 0.5) is 0 Å². The average molecular weight is 186 g/mol. The van der Waals surface area contributed by atoms with Crippen molar-refractivity contribution in [3.8, 4) is 0 Å². The Morgan fingerprint density at radius 1 is 0.615 bits per heavy atom. The first-order chi connectivity index (χ1) is 4.24. The smallest absolute Gasteiger partial charge is 0.855 e. The van der Waals surface area contributed by atoms with Crippen molar-refractivity contribution in [1.29, 1.82) is 0 Å². The van der Waals surface area contributed by atoms with E-state index in [0.717, 1.165) is 0 Å². The first-order valence-corrected chi connectivity index (χ1v) is 2.99. The van der Waals surface area contributed by atoms with Crippen LogP contribution in [-0.4, -0.2) is 37.2 Å². The molecule has 0 N–H and O–H groups in total. The average Bonchev–Trinajstić information content (AvgIpc) is 1.70. The van der Waals surface area contributed by atoms with E-state index in [4.69, 9.17) is 15.3 Å². The molecular formula is C6H18AlLi3O3. The van der Waals surface area contributed by atoms with Crippen LogP contribution in [-0.2, 0) is 0 Å². The van der Waals surface area contributed by atoms with Crippen LogP contribution >= 0.6 is 0 Å². The maximum atomic E-state index is 8.93. The summed E-state index contributed by atoms with van der Waals surface area (Å²) in [5.74, 6) is 0. The summed E-state index contributed by atoms with van der Waals surface area (Å²) >= 11 is 0. The van der Waals surface area contributed by atoms with Gasteiger partial charge in [-0.05, 0) is 0 Å². The second-order valence-electron chi connectivity index (χ2n) is 0.866. The molecule has 0 unspecified atom stereocenters. The third kappa shape index (κ3) is 435. The van der Waals surface area contributed by atoms with Gasteiger partial charge >= 0.3 is 56.6 Å². The minimum atomic E-state index is 0. The van der Waals surface area contributed by atoms with Crippen molar-refractivity contribution in [2.45, 2.75) is 20.8 Å². The van der Waals surface area contributed by atoms with Crippen molar-refractivity contribution in [1.82, 2.24) is 0 Å². The Morgan fingerprint density at radius 3 is 0.615 bits per heavy atom. The Labute approximate surface area is 129 Å². The molecule has 0 atom stereocenters. The standard InChI is InChI=1S/3C2H5O.Al.3Li.3H/c3*1-2-3;;;;;;;/h3*2H2,1H3;;;;;;;/q3*-1;;3*+1;;;. The second-order valence-corrected chi connectivity index (χ2v) is 0.866. The Bertz CT molecular complexity index is 27.8. The van der Waals surface area contributed by atoms with Crippen LogP contribution in [0.25, 0.3) is 0 Å². The first-order valence-electron chi connectivity index (χ1n) is 2.99. The molecule has 0 aromatic carbocycles. The zero-order valence-corrected chi connectivity index (χ0v) is 9.35. The quantitative estimate of drug-likeness (QED) is 0.353. The van der Waals surface area contributed by atoms with Gasteiger partial charge in [0.15, 0.2) is 17.4 Å². The van der Waals surface area contributed by atoms with E-state index in [1.54, 1.807) is 20.8 Å². The molecule has 7 heteroatoms. The fraction of sp³-hybridized carbons (Fsp3) is 1.00. The Balaban J connectivity index is -0.00000000720. The predicted octanol–water partition coefficient (Wildman–Crippen LogP) is -12.1. The molecule has 0 aromatic rings. The van der Waals surface area contributed by atoms with Crippen molar-refractivity contribution < 1.29 is 71.9 Å². The molecule has 0 aliphatic rings. The fourth-order valence-electron chi connectivity index (χ4n) is 0.